The first-order valence-corrected chi connectivity index (χ1v) is 8.92. The highest BCUT2D eigenvalue weighted by molar-refractivity contribution is 7.92. The number of hydrogen-bond donors (Lipinski definition) is 2. The molecular weight excluding hydrogens is 290 g/mol. The van der Waals surface area contributed by atoms with E-state index in [1.807, 2.05) is 0 Å². The van der Waals surface area contributed by atoms with Gasteiger partial charge in [-0.1, -0.05) is 0 Å². The Labute approximate surface area is 124 Å². The van der Waals surface area contributed by atoms with Gasteiger partial charge in [-0.25, -0.2) is 8.42 Å². The topological polar surface area (TPSA) is 78.5 Å². The molecule has 1 aromatic carbocycles. The SMILES string of the molecule is CS(=O)(=O)N1CCc2cc(C(=O)NC3CCNC3)ccc21. The first kappa shape index (κ1) is 14.3. The van der Waals surface area contributed by atoms with Crippen molar-refractivity contribution in [3.8, 4) is 0 Å². The highest BCUT2D eigenvalue weighted by Gasteiger charge is 2.27. The van der Waals surface area contributed by atoms with Gasteiger partial charge in [0.15, 0.2) is 0 Å². The minimum absolute atomic E-state index is 0.0932. The highest BCUT2D eigenvalue weighted by atomic mass is 32.2. The van der Waals surface area contributed by atoms with Gasteiger partial charge in [-0.15, -0.1) is 0 Å². The number of anilines is 1. The van der Waals surface area contributed by atoms with Crippen LogP contribution in [0, 0.1) is 0 Å². The van der Waals surface area contributed by atoms with Gasteiger partial charge in [0.1, 0.15) is 0 Å². The maximum absolute atomic E-state index is 12.2. The number of rotatable bonds is 3. The maximum Gasteiger partial charge on any atom is 0.251 e. The second-order valence-corrected chi connectivity index (χ2v) is 7.50. The molecule has 1 amide bonds. The van der Waals surface area contributed by atoms with Crippen LogP contribution in [0.15, 0.2) is 18.2 Å². The summed E-state index contributed by atoms with van der Waals surface area (Å²) in [4.78, 5) is 12.2. The molecule has 0 bridgehead atoms. The monoisotopic (exact) mass is 309 g/mol. The molecule has 0 aromatic heterocycles. The molecule has 2 aliphatic rings. The Morgan fingerprint density at radius 1 is 1.43 bits per heavy atom. The zero-order valence-corrected chi connectivity index (χ0v) is 12.7. The van der Waals surface area contributed by atoms with Crippen LogP contribution in [0.3, 0.4) is 0 Å². The van der Waals surface area contributed by atoms with Crippen LogP contribution < -0.4 is 14.9 Å². The van der Waals surface area contributed by atoms with Gasteiger partial charge in [-0.05, 0) is 43.1 Å². The van der Waals surface area contributed by atoms with Crippen molar-refractivity contribution in [2.24, 2.45) is 0 Å². The Bertz CT molecular complexity index is 666. The van der Waals surface area contributed by atoms with Gasteiger partial charge in [-0.2, -0.15) is 0 Å². The lowest BCUT2D eigenvalue weighted by Crippen LogP contribution is -2.36. The zero-order valence-electron chi connectivity index (χ0n) is 11.9. The molecule has 1 aromatic rings. The molecule has 2 heterocycles. The number of benzene rings is 1. The summed E-state index contributed by atoms with van der Waals surface area (Å²) in [5.74, 6) is -0.0932. The summed E-state index contributed by atoms with van der Waals surface area (Å²) < 4.78 is 24.8. The largest absolute Gasteiger partial charge is 0.348 e. The molecule has 3 rings (SSSR count). The van der Waals surface area contributed by atoms with Crippen molar-refractivity contribution in [2.45, 2.75) is 18.9 Å². The van der Waals surface area contributed by atoms with E-state index < -0.39 is 10.0 Å². The number of amides is 1. The van der Waals surface area contributed by atoms with Gasteiger partial charge >= 0.3 is 0 Å². The Morgan fingerprint density at radius 2 is 2.24 bits per heavy atom. The van der Waals surface area contributed by atoms with E-state index in [0.717, 1.165) is 25.1 Å². The lowest BCUT2D eigenvalue weighted by Gasteiger charge is -2.17. The van der Waals surface area contributed by atoms with Gasteiger partial charge < -0.3 is 10.6 Å². The van der Waals surface area contributed by atoms with Crippen LogP contribution in [-0.4, -0.2) is 46.3 Å². The number of carbonyl (C=O) groups excluding carboxylic acids is 1. The molecule has 1 saturated heterocycles. The fraction of sp³-hybridized carbons (Fsp3) is 0.500. The Hall–Kier alpha value is -1.60. The maximum atomic E-state index is 12.2. The third-order valence-electron chi connectivity index (χ3n) is 3.99. The van der Waals surface area contributed by atoms with Gasteiger partial charge in [0.2, 0.25) is 10.0 Å². The van der Waals surface area contributed by atoms with Crippen LogP contribution in [0.2, 0.25) is 0 Å². The highest BCUT2D eigenvalue weighted by Crippen LogP contribution is 2.30. The molecule has 0 radical (unpaired) electrons. The molecule has 2 aliphatic heterocycles. The van der Waals surface area contributed by atoms with Gasteiger partial charge in [-0.3, -0.25) is 9.10 Å². The van der Waals surface area contributed by atoms with Gasteiger partial charge in [0.25, 0.3) is 5.91 Å². The number of sulfonamides is 1. The average Bonchev–Trinajstić information content (AvgIpc) is 3.05. The fourth-order valence-electron chi connectivity index (χ4n) is 2.90. The van der Waals surface area contributed by atoms with Crippen molar-refractivity contribution < 1.29 is 13.2 Å². The first-order valence-electron chi connectivity index (χ1n) is 7.07. The molecule has 1 unspecified atom stereocenters. The number of nitrogens with one attached hydrogen (secondary N) is 2. The molecule has 2 N–H and O–H groups in total. The predicted molar refractivity (Wildman–Crippen MR) is 81.1 cm³/mol. The van der Waals surface area contributed by atoms with Crippen LogP contribution in [-0.2, 0) is 16.4 Å². The molecule has 6 nitrogen and oxygen atoms in total. The van der Waals surface area contributed by atoms with Crippen molar-refractivity contribution in [1.29, 1.82) is 0 Å². The molecule has 7 heteroatoms. The molecule has 21 heavy (non-hydrogen) atoms. The lowest BCUT2D eigenvalue weighted by atomic mass is 10.1. The molecule has 1 fully saturated rings. The van der Waals surface area contributed by atoms with Crippen molar-refractivity contribution in [3.05, 3.63) is 29.3 Å². The lowest BCUT2D eigenvalue weighted by molar-refractivity contribution is 0.0940. The second kappa shape index (κ2) is 5.31. The second-order valence-electron chi connectivity index (χ2n) is 5.59. The molecule has 0 saturated carbocycles. The number of nitrogens with zero attached hydrogens (tertiary/aromatic N) is 1. The summed E-state index contributed by atoms with van der Waals surface area (Å²) in [5, 5.41) is 6.20. The standard InChI is InChI=1S/C14H19N3O3S/c1-21(19,20)17-7-5-10-8-11(2-3-13(10)17)14(18)16-12-4-6-15-9-12/h2-3,8,12,15H,4-7,9H2,1H3,(H,16,18). The summed E-state index contributed by atoms with van der Waals surface area (Å²) in [6, 6.07) is 5.40. The fourth-order valence-corrected chi connectivity index (χ4v) is 3.86. The van der Waals surface area contributed by atoms with E-state index in [-0.39, 0.29) is 11.9 Å². The normalized spacial score (nSPS) is 21.4. The van der Waals surface area contributed by atoms with E-state index in [2.05, 4.69) is 10.6 Å². The van der Waals surface area contributed by atoms with E-state index in [9.17, 15) is 13.2 Å². The van der Waals surface area contributed by atoms with E-state index >= 15 is 0 Å². The molecule has 0 spiro atoms. The number of fused-ring (bicyclic) bond motifs is 1. The van der Waals surface area contributed by atoms with E-state index in [0.29, 0.717) is 24.2 Å². The van der Waals surface area contributed by atoms with E-state index in [1.54, 1.807) is 18.2 Å². The summed E-state index contributed by atoms with van der Waals surface area (Å²) in [5.41, 5.74) is 2.20. The third-order valence-corrected chi connectivity index (χ3v) is 5.17. The van der Waals surface area contributed by atoms with Crippen LogP contribution in [0.25, 0.3) is 0 Å². The summed E-state index contributed by atoms with van der Waals surface area (Å²) in [6.07, 6.45) is 2.79. The first-order chi connectivity index (χ1) is 9.95. The van der Waals surface area contributed by atoms with Crippen LogP contribution in [0.4, 0.5) is 5.69 Å². The minimum Gasteiger partial charge on any atom is -0.348 e. The Kier molecular flexibility index (Phi) is 3.62. The molecular formula is C14H19N3O3S. The third kappa shape index (κ3) is 2.89. The van der Waals surface area contributed by atoms with Crippen molar-refractivity contribution in [1.82, 2.24) is 10.6 Å². The number of hydrogen-bond acceptors (Lipinski definition) is 4. The predicted octanol–water partition coefficient (Wildman–Crippen LogP) is 0.100. The van der Waals surface area contributed by atoms with Crippen molar-refractivity contribution >= 4 is 21.6 Å². The smallest absolute Gasteiger partial charge is 0.251 e. The van der Waals surface area contributed by atoms with Crippen molar-refractivity contribution in [2.75, 3.05) is 30.2 Å². The molecule has 114 valence electrons. The summed E-state index contributed by atoms with van der Waals surface area (Å²) in [7, 11) is -3.24. The van der Waals surface area contributed by atoms with Gasteiger partial charge in [0.05, 0.1) is 11.9 Å². The molecule has 0 aliphatic carbocycles. The molecule has 1 atom stereocenters. The Morgan fingerprint density at radius 3 is 2.90 bits per heavy atom. The van der Waals surface area contributed by atoms with Crippen LogP contribution in [0.1, 0.15) is 22.3 Å². The van der Waals surface area contributed by atoms with Crippen LogP contribution in [0.5, 0.6) is 0 Å². The van der Waals surface area contributed by atoms with E-state index in [1.165, 1.54) is 10.6 Å². The quantitative estimate of drug-likeness (QED) is 0.830. The zero-order chi connectivity index (χ0) is 15.0. The van der Waals surface area contributed by atoms with Crippen molar-refractivity contribution in [3.63, 3.8) is 0 Å². The Balaban J connectivity index is 1.79. The number of carbonyl (C=O) groups is 1. The van der Waals surface area contributed by atoms with Gasteiger partial charge in [0, 0.05) is 24.7 Å². The summed E-state index contributed by atoms with van der Waals surface area (Å²) in [6.45, 7) is 2.18. The van der Waals surface area contributed by atoms with E-state index in [4.69, 9.17) is 0 Å². The van der Waals surface area contributed by atoms with Crippen LogP contribution >= 0.6 is 0 Å². The summed E-state index contributed by atoms with van der Waals surface area (Å²) >= 11 is 0. The minimum atomic E-state index is -3.24. The average molecular weight is 309 g/mol.